The molecule has 0 aliphatic carbocycles. The minimum atomic E-state index is -0.531. The molecular weight excluding hydrogens is 298 g/mol. The standard InChI is InChI=1S/C15H17N5O3/c1-9(2)4-5-19-7-11(14(22)23-3)12-10(13(19)21)6-16-15-17-8-18-20(12)15/h6-9H,4-5H2,1-3H3. The Hall–Kier alpha value is -2.77. The summed E-state index contributed by atoms with van der Waals surface area (Å²) in [6.45, 7) is 4.67. The first-order valence-electron chi connectivity index (χ1n) is 7.33. The molecule has 0 unspecified atom stereocenters. The van der Waals surface area contributed by atoms with Gasteiger partial charge >= 0.3 is 5.97 Å². The topological polar surface area (TPSA) is 91.4 Å². The normalized spacial score (nSPS) is 11.5. The molecule has 23 heavy (non-hydrogen) atoms. The van der Waals surface area contributed by atoms with E-state index < -0.39 is 5.97 Å². The van der Waals surface area contributed by atoms with Gasteiger partial charge in [0.1, 0.15) is 11.9 Å². The fourth-order valence-electron chi connectivity index (χ4n) is 2.45. The Kier molecular flexibility index (Phi) is 3.81. The van der Waals surface area contributed by atoms with E-state index in [1.54, 1.807) is 0 Å². The van der Waals surface area contributed by atoms with E-state index in [2.05, 4.69) is 28.9 Å². The number of aryl methyl sites for hydroxylation is 1. The average molecular weight is 315 g/mol. The number of ether oxygens (including phenoxy) is 1. The Labute approximate surface area is 131 Å². The predicted molar refractivity (Wildman–Crippen MR) is 83.3 cm³/mol. The van der Waals surface area contributed by atoms with Crippen LogP contribution in [0.2, 0.25) is 0 Å². The molecule has 0 aliphatic heterocycles. The van der Waals surface area contributed by atoms with Crippen LogP contribution in [0.3, 0.4) is 0 Å². The van der Waals surface area contributed by atoms with Crippen molar-refractivity contribution in [1.29, 1.82) is 0 Å². The number of aromatic nitrogens is 5. The van der Waals surface area contributed by atoms with Crippen LogP contribution in [0.15, 0.2) is 23.5 Å². The monoisotopic (exact) mass is 315 g/mol. The molecular formula is C15H17N5O3. The second-order valence-electron chi connectivity index (χ2n) is 5.71. The SMILES string of the molecule is COC(=O)c1cn(CCC(C)C)c(=O)c2cnc3ncnn3c12. The maximum atomic E-state index is 12.7. The van der Waals surface area contributed by atoms with Gasteiger partial charge in [0.2, 0.25) is 0 Å². The Morgan fingerprint density at radius 1 is 1.35 bits per heavy atom. The summed E-state index contributed by atoms with van der Waals surface area (Å²) in [7, 11) is 1.30. The Balaban J connectivity index is 2.33. The summed E-state index contributed by atoms with van der Waals surface area (Å²) in [6.07, 6.45) is 5.11. The van der Waals surface area contributed by atoms with E-state index in [9.17, 15) is 9.59 Å². The molecule has 0 atom stereocenters. The van der Waals surface area contributed by atoms with Crippen LogP contribution in [0.25, 0.3) is 16.7 Å². The Bertz CT molecular complexity index is 941. The summed E-state index contributed by atoms with van der Waals surface area (Å²) in [4.78, 5) is 33.0. The van der Waals surface area contributed by atoms with Gasteiger partial charge in [-0.1, -0.05) is 13.8 Å². The number of nitrogens with zero attached hydrogens (tertiary/aromatic N) is 5. The van der Waals surface area contributed by atoms with Gasteiger partial charge in [-0.25, -0.2) is 9.78 Å². The lowest BCUT2D eigenvalue weighted by Crippen LogP contribution is -2.24. The fraction of sp³-hybridized carbons (Fsp3) is 0.400. The summed E-state index contributed by atoms with van der Waals surface area (Å²) in [5.74, 6) is 0.230. The van der Waals surface area contributed by atoms with Gasteiger partial charge in [0.15, 0.2) is 0 Å². The lowest BCUT2D eigenvalue weighted by atomic mass is 10.1. The van der Waals surface area contributed by atoms with Crippen LogP contribution in [-0.2, 0) is 11.3 Å². The van der Waals surface area contributed by atoms with Gasteiger partial charge in [0, 0.05) is 18.9 Å². The van der Waals surface area contributed by atoms with Crippen molar-refractivity contribution in [2.45, 2.75) is 26.8 Å². The molecule has 0 fully saturated rings. The highest BCUT2D eigenvalue weighted by atomic mass is 16.5. The zero-order valence-electron chi connectivity index (χ0n) is 13.2. The second-order valence-corrected chi connectivity index (χ2v) is 5.71. The molecule has 8 nitrogen and oxygen atoms in total. The van der Waals surface area contributed by atoms with E-state index in [1.165, 1.54) is 34.9 Å². The van der Waals surface area contributed by atoms with Crippen LogP contribution in [0.5, 0.6) is 0 Å². The molecule has 0 spiro atoms. The molecule has 0 N–H and O–H groups in total. The van der Waals surface area contributed by atoms with Crippen LogP contribution < -0.4 is 5.56 Å². The van der Waals surface area contributed by atoms with E-state index in [4.69, 9.17) is 4.74 Å². The van der Waals surface area contributed by atoms with Crippen molar-refractivity contribution in [3.8, 4) is 0 Å². The zero-order valence-corrected chi connectivity index (χ0v) is 13.2. The summed E-state index contributed by atoms with van der Waals surface area (Å²) < 4.78 is 7.77. The lowest BCUT2D eigenvalue weighted by molar-refractivity contribution is 0.0601. The van der Waals surface area contributed by atoms with Gasteiger partial charge in [0.05, 0.1) is 18.0 Å². The molecule has 0 saturated heterocycles. The van der Waals surface area contributed by atoms with Crippen LogP contribution in [0.4, 0.5) is 0 Å². The molecule has 0 aliphatic rings. The van der Waals surface area contributed by atoms with Crippen molar-refractivity contribution < 1.29 is 9.53 Å². The number of hydrogen-bond acceptors (Lipinski definition) is 6. The third-order valence-electron chi connectivity index (χ3n) is 3.69. The first-order chi connectivity index (χ1) is 11.0. The number of methoxy groups -OCH3 is 1. The molecule has 0 bridgehead atoms. The van der Waals surface area contributed by atoms with Crippen molar-refractivity contribution >= 4 is 22.6 Å². The van der Waals surface area contributed by atoms with E-state index in [-0.39, 0.29) is 11.1 Å². The first-order valence-corrected chi connectivity index (χ1v) is 7.33. The van der Waals surface area contributed by atoms with Gasteiger partial charge in [-0.15, -0.1) is 0 Å². The molecule has 0 aromatic carbocycles. The molecule has 0 radical (unpaired) electrons. The van der Waals surface area contributed by atoms with Gasteiger partial charge in [-0.2, -0.15) is 14.6 Å². The highest BCUT2D eigenvalue weighted by Gasteiger charge is 2.19. The minimum Gasteiger partial charge on any atom is -0.465 e. The minimum absolute atomic E-state index is 0.210. The number of fused-ring (bicyclic) bond motifs is 3. The largest absolute Gasteiger partial charge is 0.465 e. The molecule has 3 rings (SSSR count). The third-order valence-corrected chi connectivity index (χ3v) is 3.69. The zero-order chi connectivity index (χ0) is 16.6. The average Bonchev–Trinajstić information content (AvgIpc) is 3.01. The molecule has 3 heterocycles. The Morgan fingerprint density at radius 2 is 2.13 bits per heavy atom. The van der Waals surface area contributed by atoms with Gasteiger partial charge in [-0.05, 0) is 12.3 Å². The summed E-state index contributed by atoms with van der Waals surface area (Å²) in [6, 6.07) is 0. The second kappa shape index (κ2) is 5.79. The highest BCUT2D eigenvalue weighted by Crippen LogP contribution is 2.17. The van der Waals surface area contributed by atoms with Crippen LogP contribution >= 0.6 is 0 Å². The first kappa shape index (κ1) is 15.1. The fourth-order valence-corrected chi connectivity index (χ4v) is 2.45. The van der Waals surface area contributed by atoms with Crippen molar-refractivity contribution in [3.63, 3.8) is 0 Å². The summed E-state index contributed by atoms with van der Waals surface area (Å²) in [5, 5.41) is 4.37. The number of rotatable bonds is 4. The molecule has 8 heteroatoms. The van der Waals surface area contributed by atoms with E-state index in [0.29, 0.717) is 29.1 Å². The third kappa shape index (κ3) is 2.56. The predicted octanol–water partition coefficient (Wildman–Crippen LogP) is 1.27. The van der Waals surface area contributed by atoms with Crippen LogP contribution in [-0.4, -0.2) is 37.2 Å². The number of hydrogen-bond donors (Lipinski definition) is 0. The molecule has 3 aromatic rings. The Morgan fingerprint density at radius 3 is 2.83 bits per heavy atom. The quantitative estimate of drug-likeness (QED) is 0.673. The van der Waals surface area contributed by atoms with E-state index in [1.807, 2.05) is 0 Å². The smallest absolute Gasteiger partial charge is 0.341 e. The van der Waals surface area contributed by atoms with E-state index in [0.717, 1.165) is 6.42 Å². The highest BCUT2D eigenvalue weighted by molar-refractivity contribution is 6.02. The van der Waals surface area contributed by atoms with E-state index >= 15 is 0 Å². The van der Waals surface area contributed by atoms with Crippen LogP contribution in [0, 0.1) is 5.92 Å². The van der Waals surface area contributed by atoms with Crippen molar-refractivity contribution in [3.05, 3.63) is 34.6 Å². The number of carbonyl (C=O) groups is 1. The molecule has 3 aromatic heterocycles. The molecule has 0 saturated carbocycles. The van der Waals surface area contributed by atoms with Crippen molar-refractivity contribution in [2.24, 2.45) is 5.92 Å². The van der Waals surface area contributed by atoms with Crippen LogP contribution in [0.1, 0.15) is 30.6 Å². The lowest BCUT2D eigenvalue weighted by Gasteiger charge is -2.12. The number of carbonyl (C=O) groups excluding carboxylic acids is 1. The summed E-state index contributed by atoms with van der Waals surface area (Å²) in [5.41, 5.74) is 0.423. The maximum absolute atomic E-state index is 12.7. The van der Waals surface area contributed by atoms with Gasteiger partial charge in [0.25, 0.3) is 11.3 Å². The number of pyridine rings is 1. The molecule has 120 valence electrons. The summed E-state index contributed by atoms with van der Waals surface area (Å²) >= 11 is 0. The number of esters is 1. The van der Waals surface area contributed by atoms with Crippen molar-refractivity contribution in [2.75, 3.05) is 7.11 Å². The van der Waals surface area contributed by atoms with Gasteiger partial charge < -0.3 is 9.30 Å². The van der Waals surface area contributed by atoms with Crippen molar-refractivity contribution in [1.82, 2.24) is 24.1 Å². The maximum Gasteiger partial charge on any atom is 0.341 e. The molecule has 0 amide bonds. The van der Waals surface area contributed by atoms with Gasteiger partial charge in [-0.3, -0.25) is 4.79 Å².